The van der Waals surface area contributed by atoms with E-state index in [0.29, 0.717) is 23.2 Å². The first-order chi connectivity index (χ1) is 17.0. The molecule has 3 nitrogen and oxygen atoms in total. The maximum atomic E-state index is 10.6. The lowest BCUT2D eigenvalue weighted by atomic mass is 9.60. The summed E-state index contributed by atoms with van der Waals surface area (Å²) in [5, 5.41) is 31.6. The van der Waals surface area contributed by atoms with Crippen molar-refractivity contribution >= 4 is 0 Å². The van der Waals surface area contributed by atoms with E-state index in [1.807, 2.05) is 18.2 Å². The lowest BCUT2D eigenvalue weighted by Gasteiger charge is -2.43. The first-order valence-electron chi connectivity index (χ1n) is 13.5. The van der Waals surface area contributed by atoms with Crippen LogP contribution in [-0.2, 0) is 5.41 Å². The van der Waals surface area contributed by atoms with E-state index in [0.717, 1.165) is 42.4 Å². The molecule has 0 bridgehead atoms. The van der Waals surface area contributed by atoms with Gasteiger partial charge in [-0.25, -0.2) is 0 Å². The first-order valence-corrected chi connectivity index (χ1v) is 13.5. The summed E-state index contributed by atoms with van der Waals surface area (Å²) in [5.41, 5.74) is 6.47. The number of phenols is 3. The molecule has 3 heteroatoms. The monoisotopic (exact) mass is 486 g/mol. The molecular weight excluding hydrogens is 444 g/mol. The van der Waals surface area contributed by atoms with Crippen LogP contribution in [0.2, 0.25) is 0 Å². The summed E-state index contributed by atoms with van der Waals surface area (Å²) in [6.07, 6.45) is 4.15. The van der Waals surface area contributed by atoms with E-state index in [2.05, 4.69) is 77.9 Å². The van der Waals surface area contributed by atoms with E-state index < -0.39 is 0 Å². The van der Waals surface area contributed by atoms with Crippen molar-refractivity contribution < 1.29 is 15.3 Å². The average molecular weight is 487 g/mol. The fourth-order valence-corrected chi connectivity index (χ4v) is 6.17. The number of aromatic hydroxyl groups is 3. The van der Waals surface area contributed by atoms with Crippen molar-refractivity contribution in [3.63, 3.8) is 0 Å². The minimum Gasteiger partial charge on any atom is -0.508 e. The SMILES string of the molecule is CC(C)c1cc(C2CCCC(c3ccc(O)c(C(C)C)c3)(c3ccc(O)c(C(C)C)c3)C2)ccc1O. The number of benzene rings is 3. The van der Waals surface area contributed by atoms with Gasteiger partial charge in [-0.3, -0.25) is 0 Å². The van der Waals surface area contributed by atoms with Gasteiger partial charge >= 0.3 is 0 Å². The van der Waals surface area contributed by atoms with Crippen molar-refractivity contribution in [2.45, 2.75) is 96.3 Å². The van der Waals surface area contributed by atoms with Crippen LogP contribution in [0.25, 0.3) is 0 Å². The summed E-state index contributed by atoms with van der Waals surface area (Å²) >= 11 is 0. The van der Waals surface area contributed by atoms with Gasteiger partial charge in [0.25, 0.3) is 0 Å². The lowest BCUT2D eigenvalue weighted by molar-refractivity contribution is 0.309. The summed E-state index contributed by atoms with van der Waals surface area (Å²) < 4.78 is 0. The minimum absolute atomic E-state index is 0.220. The fraction of sp³-hybridized carbons (Fsp3) is 0.455. The Morgan fingerprint density at radius 3 is 1.56 bits per heavy atom. The highest BCUT2D eigenvalue weighted by atomic mass is 16.3. The Morgan fingerprint density at radius 1 is 0.639 bits per heavy atom. The number of hydrogen-bond acceptors (Lipinski definition) is 3. The Bertz CT molecular complexity index is 1160. The average Bonchev–Trinajstić information content (AvgIpc) is 2.84. The van der Waals surface area contributed by atoms with Crippen molar-refractivity contribution in [2.24, 2.45) is 0 Å². The molecule has 192 valence electrons. The minimum atomic E-state index is -0.229. The van der Waals surface area contributed by atoms with E-state index in [1.165, 1.54) is 16.7 Å². The molecule has 1 fully saturated rings. The molecule has 1 saturated carbocycles. The highest BCUT2D eigenvalue weighted by molar-refractivity contribution is 5.50. The zero-order chi connectivity index (χ0) is 26.2. The lowest BCUT2D eigenvalue weighted by Crippen LogP contribution is -2.34. The third kappa shape index (κ3) is 4.85. The van der Waals surface area contributed by atoms with Crippen LogP contribution >= 0.6 is 0 Å². The van der Waals surface area contributed by atoms with Crippen molar-refractivity contribution in [2.75, 3.05) is 0 Å². The normalized spacial score (nSPS) is 17.8. The molecule has 36 heavy (non-hydrogen) atoms. The van der Waals surface area contributed by atoms with Crippen molar-refractivity contribution in [1.29, 1.82) is 0 Å². The maximum absolute atomic E-state index is 10.6. The van der Waals surface area contributed by atoms with E-state index in [-0.39, 0.29) is 23.2 Å². The van der Waals surface area contributed by atoms with Gasteiger partial charge in [0.05, 0.1) is 0 Å². The van der Waals surface area contributed by atoms with Gasteiger partial charge in [-0.2, -0.15) is 0 Å². The molecule has 0 saturated heterocycles. The number of phenolic OH excluding ortho intramolecular Hbond substituents is 3. The molecule has 1 aliphatic carbocycles. The Morgan fingerprint density at radius 2 is 1.08 bits per heavy atom. The third-order valence-corrected chi connectivity index (χ3v) is 8.30. The first kappa shape index (κ1) is 26.1. The molecule has 0 radical (unpaired) electrons. The molecule has 1 unspecified atom stereocenters. The molecule has 3 N–H and O–H groups in total. The molecular formula is C33H42O3. The van der Waals surface area contributed by atoms with Crippen LogP contribution < -0.4 is 0 Å². The summed E-state index contributed by atoms with van der Waals surface area (Å²) in [5.74, 6) is 2.13. The highest BCUT2D eigenvalue weighted by Gasteiger charge is 2.41. The second-order valence-electron chi connectivity index (χ2n) is 11.7. The van der Waals surface area contributed by atoms with Gasteiger partial charge < -0.3 is 15.3 Å². The zero-order valence-corrected chi connectivity index (χ0v) is 22.7. The Labute approximate surface area is 216 Å². The van der Waals surface area contributed by atoms with Crippen LogP contribution in [0.4, 0.5) is 0 Å². The Balaban J connectivity index is 1.89. The van der Waals surface area contributed by atoms with Crippen LogP contribution in [0.1, 0.15) is 124 Å². The van der Waals surface area contributed by atoms with Crippen LogP contribution in [0.15, 0.2) is 54.6 Å². The van der Waals surface area contributed by atoms with Crippen LogP contribution in [-0.4, -0.2) is 15.3 Å². The van der Waals surface area contributed by atoms with Crippen molar-refractivity contribution in [1.82, 2.24) is 0 Å². The van der Waals surface area contributed by atoms with Gasteiger partial charge in [-0.1, -0.05) is 84.4 Å². The summed E-state index contributed by atoms with van der Waals surface area (Å²) in [7, 11) is 0. The van der Waals surface area contributed by atoms with Gasteiger partial charge in [-0.15, -0.1) is 0 Å². The number of rotatable bonds is 6. The molecule has 0 heterocycles. The molecule has 0 aromatic heterocycles. The van der Waals surface area contributed by atoms with E-state index in [9.17, 15) is 15.3 Å². The zero-order valence-electron chi connectivity index (χ0n) is 22.7. The predicted molar refractivity (Wildman–Crippen MR) is 149 cm³/mol. The third-order valence-electron chi connectivity index (χ3n) is 8.30. The van der Waals surface area contributed by atoms with Crippen molar-refractivity contribution in [3.8, 4) is 17.2 Å². The second kappa shape index (κ2) is 10.2. The smallest absolute Gasteiger partial charge is 0.119 e. The molecule has 1 atom stereocenters. The van der Waals surface area contributed by atoms with Gasteiger partial charge in [0, 0.05) is 5.41 Å². The largest absolute Gasteiger partial charge is 0.508 e. The quantitative estimate of drug-likeness (QED) is 0.326. The summed E-state index contributed by atoms with van der Waals surface area (Å²) in [6, 6.07) is 18.5. The van der Waals surface area contributed by atoms with Gasteiger partial charge in [0.15, 0.2) is 0 Å². The fourth-order valence-electron chi connectivity index (χ4n) is 6.17. The second-order valence-corrected chi connectivity index (χ2v) is 11.7. The Hall–Kier alpha value is -2.94. The van der Waals surface area contributed by atoms with Gasteiger partial charge in [-0.05, 0) is 94.5 Å². The van der Waals surface area contributed by atoms with Crippen LogP contribution in [0.5, 0.6) is 17.2 Å². The topological polar surface area (TPSA) is 60.7 Å². The van der Waals surface area contributed by atoms with Gasteiger partial charge in [0.2, 0.25) is 0 Å². The number of hydrogen-bond donors (Lipinski definition) is 3. The van der Waals surface area contributed by atoms with E-state index in [4.69, 9.17) is 0 Å². The molecule has 3 aromatic carbocycles. The van der Waals surface area contributed by atoms with Crippen molar-refractivity contribution in [3.05, 3.63) is 88.0 Å². The molecule has 0 amide bonds. The highest BCUT2D eigenvalue weighted by Crippen LogP contribution is 2.52. The molecule has 1 aliphatic rings. The van der Waals surface area contributed by atoms with E-state index >= 15 is 0 Å². The molecule has 0 aliphatic heterocycles. The molecule has 3 aromatic rings. The standard InChI is InChI=1S/C33H42O3/c1-20(2)27-16-23(9-12-30(27)34)24-8-7-15-33(19-24,25-10-13-31(35)28(17-25)21(3)4)26-11-14-32(36)29(18-26)22(5)6/h9-14,16-18,20-22,24,34-36H,7-8,15,19H2,1-6H3. The van der Waals surface area contributed by atoms with Crippen LogP contribution in [0, 0.1) is 0 Å². The maximum Gasteiger partial charge on any atom is 0.119 e. The predicted octanol–water partition coefficient (Wildman–Crippen LogP) is 8.82. The Kier molecular flexibility index (Phi) is 7.41. The van der Waals surface area contributed by atoms with Crippen LogP contribution in [0.3, 0.4) is 0 Å². The van der Waals surface area contributed by atoms with Gasteiger partial charge in [0.1, 0.15) is 17.2 Å². The molecule has 4 rings (SSSR count). The summed E-state index contributed by atoms with van der Waals surface area (Å²) in [6.45, 7) is 12.7. The molecule has 0 spiro atoms. The van der Waals surface area contributed by atoms with E-state index in [1.54, 1.807) is 0 Å². The summed E-state index contributed by atoms with van der Waals surface area (Å²) in [4.78, 5) is 0.